The van der Waals surface area contributed by atoms with E-state index in [1.165, 1.54) is 0 Å². The van der Waals surface area contributed by atoms with Crippen molar-refractivity contribution in [3.8, 4) is 11.6 Å². The average Bonchev–Trinajstić information content (AvgIpc) is 3.57. The molecule has 0 saturated heterocycles. The molecule has 1 amide bonds. The molecule has 1 atom stereocenters. The number of para-hydroxylation sites is 1. The van der Waals surface area contributed by atoms with Crippen LogP contribution in [-0.2, 0) is 13.5 Å². The third-order valence-electron chi connectivity index (χ3n) is 5.43. The number of furan rings is 1. The summed E-state index contributed by atoms with van der Waals surface area (Å²) in [6.07, 6.45) is 5.65. The SMILES string of the molecule is Cn1cnc(-c2nnc(C(=O)N3CCc4[nH]cnc4[C@H]3c3cc4ccccc4o3)o2)c1. The Kier molecular flexibility index (Phi) is 3.79. The molecule has 0 saturated carbocycles. The summed E-state index contributed by atoms with van der Waals surface area (Å²) in [5.41, 5.74) is 3.00. The number of aromatic nitrogens is 6. The Morgan fingerprint density at radius 1 is 1.19 bits per heavy atom. The van der Waals surface area contributed by atoms with E-state index < -0.39 is 6.04 Å². The molecule has 0 bridgehead atoms. The minimum absolute atomic E-state index is 0.0965. The van der Waals surface area contributed by atoms with E-state index in [1.807, 2.05) is 37.4 Å². The Morgan fingerprint density at radius 3 is 2.94 bits per heavy atom. The van der Waals surface area contributed by atoms with E-state index in [-0.39, 0.29) is 17.7 Å². The fourth-order valence-electron chi connectivity index (χ4n) is 3.98. The summed E-state index contributed by atoms with van der Waals surface area (Å²) in [6.45, 7) is 0.455. The monoisotopic (exact) mass is 415 g/mol. The number of carbonyl (C=O) groups is 1. The number of hydrogen-bond acceptors (Lipinski definition) is 7. The van der Waals surface area contributed by atoms with Gasteiger partial charge < -0.3 is 23.3 Å². The van der Waals surface area contributed by atoms with Crippen LogP contribution in [0.3, 0.4) is 0 Å². The first-order valence-corrected chi connectivity index (χ1v) is 9.81. The van der Waals surface area contributed by atoms with Crippen LogP contribution in [0.25, 0.3) is 22.6 Å². The number of fused-ring (bicyclic) bond motifs is 2. The van der Waals surface area contributed by atoms with E-state index in [1.54, 1.807) is 28.3 Å². The second-order valence-corrected chi connectivity index (χ2v) is 7.44. The molecule has 1 aliphatic heterocycles. The normalized spacial score (nSPS) is 16.0. The smallest absolute Gasteiger partial charge is 0.312 e. The topological polar surface area (TPSA) is 119 Å². The van der Waals surface area contributed by atoms with Gasteiger partial charge in [-0.3, -0.25) is 4.79 Å². The van der Waals surface area contributed by atoms with Crippen molar-refractivity contribution in [3.05, 3.63) is 72.2 Å². The summed E-state index contributed by atoms with van der Waals surface area (Å²) >= 11 is 0. The quantitative estimate of drug-likeness (QED) is 0.481. The number of carbonyl (C=O) groups excluding carboxylic acids is 1. The van der Waals surface area contributed by atoms with Crippen molar-refractivity contribution in [1.82, 2.24) is 34.6 Å². The zero-order valence-electron chi connectivity index (χ0n) is 16.5. The first-order valence-electron chi connectivity index (χ1n) is 9.81. The Morgan fingerprint density at radius 2 is 2.10 bits per heavy atom. The number of benzene rings is 1. The van der Waals surface area contributed by atoms with Gasteiger partial charge in [0.25, 0.3) is 5.89 Å². The zero-order chi connectivity index (χ0) is 20.9. The van der Waals surface area contributed by atoms with Crippen molar-refractivity contribution in [2.45, 2.75) is 12.5 Å². The average molecular weight is 415 g/mol. The molecule has 0 spiro atoms. The highest BCUT2D eigenvalue weighted by Crippen LogP contribution is 2.37. The molecule has 1 aromatic carbocycles. The van der Waals surface area contributed by atoms with Gasteiger partial charge in [0, 0.05) is 37.3 Å². The minimum Gasteiger partial charge on any atom is -0.458 e. The van der Waals surface area contributed by atoms with Crippen molar-refractivity contribution >= 4 is 16.9 Å². The second-order valence-electron chi connectivity index (χ2n) is 7.44. The Bertz CT molecular complexity index is 1380. The van der Waals surface area contributed by atoms with Crippen LogP contribution in [-0.4, -0.2) is 47.1 Å². The van der Waals surface area contributed by atoms with E-state index in [4.69, 9.17) is 8.83 Å². The lowest BCUT2D eigenvalue weighted by Gasteiger charge is -2.32. The number of rotatable bonds is 3. The predicted octanol–water partition coefficient (Wildman–Crippen LogP) is 2.73. The molecule has 0 fully saturated rings. The van der Waals surface area contributed by atoms with Crippen LogP contribution in [0.5, 0.6) is 0 Å². The predicted molar refractivity (Wildman–Crippen MR) is 108 cm³/mol. The van der Waals surface area contributed by atoms with Gasteiger partial charge in [0.1, 0.15) is 23.1 Å². The van der Waals surface area contributed by atoms with Crippen molar-refractivity contribution in [2.75, 3.05) is 6.54 Å². The maximum Gasteiger partial charge on any atom is 0.312 e. The van der Waals surface area contributed by atoms with Gasteiger partial charge in [-0.15, -0.1) is 10.2 Å². The Hall–Kier alpha value is -4.21. The number of aromatic amines is 1. The standard InChI is InChI=1S/C21H17N7O3/c1-27-9-14(24-11-27)19-25-26-20(31-19)21(29)28-7-6-13-17(23-10-22-13)18(28)16-8-12-4-2-3-5-15(12)30-16/h2-5,8-11,18H,6-7H2,1H3,(H,22,23)/t18-/m1/s1. The Balaban J connectivity index is 1.40. The molecule has 1 aliphatic rings. The molecule has 1 N–H and O–H groups in total. The number of H-pyrrole nitrogens is 1. The van der Waals surface area contributed by atoms with Crippen LogP contribution < -0.4 is 0 Å². The van der Waals surface area contributed by atoms with Gasteiger partial charge in [-0.05, 0) is 12.1 Å². The number of imidazole rings is 2. The van der Waals surface area contributed by atoms with Crippen LogP contribution in [0.4, 0.5) is 0 Å². The summed E-state index contributed by atoms with van der Waals surface area (Å²) in [6, 6.07) is 9.17. The summed E-state index contributed by atoms with van der Waals surface area (Å²) in [5, 5.41) is 8.93. The van der Waals surface area contributed by atoms with E-state index in [0.717, 1.165) is 22.4 Å². The highest BCUT2D eigenvalue weighted by Gasteiger charge is 2.38. The van der Waals surface area contributed by atoms with E-state index in [0.29, 0.717) is 24.4 Å². The fourth-order valence-corrected chi connectivity index (χ4v) is 3.98. The van der Waals surface area contributed by atoms with Crippen molar-refractivity contribution < 1.29 is 13.6 Å². The third-order valence-corrected chi connectivity index (χ3v) is 5.43. The lowest BCUT2D eigenvalue weighted by molar-refractivity contribution is 0.0632. The van der Waals surface area contributed by atoms with Gasteiger partial charge in [0.15, 0.2) is 0 Å². The van der Waals surface area contributed by atoms with E-state index >= 15 is 0 Å². The number of amides is 1. The Labute approximate surface area is 175 Å². The van der Waals surface area contributed by atoms with Crippen LogP contribution in [0, 0.1) is 0 Å². The van der Waals surface area contributed by atoms with Crippen molar-refractivity contribution in [1.29, 1.82) is 0 Å². The van der Waals surface area contributed by atoms with Crippen LogP contribution in [0.2, 0.25) is 0 Å². The van der Waals surface area contributed by atoms with Crippen molar-refractivity contribution in [2.24, 2.45) is 7.05 Å². The maximum absolute atomic E-state index is 13.4. The zero-order valence-corrected chi connectivity index (χ0v) is 16.5. The summed E-state index contributed by atoms with van der Waals surface area (Å²) in [7, 11) is 1.84. The van der Waals surface area contributed by atoms with E-state index in [9.17, 15) is 4.79 Å². The van der Waals surface area contributed by atoms with Crippen molar-refractivity contribution in [3.63, 3.8) is 0 Å². The highest BCUT2D eigenvalue weighted by molar-refractivity contribution is 5.90. The molecule has 10 nitrogen and oxygen atoms in total. The summed E-state index contributed by atoms with van der Waals surface area (Å²) < 4.78 is 13.5. The molecular weight excluding hydrogens is 398 g/mol. The van der Waals surface area contributed by atoms with Crippen LogP contribution in [0.15, 0.2) is 58.0 Å². The largest absolute Gasteiger partial charge is 0.458 e. The van der Waals surface area contributed by atoms with Gasteiger partial charge in [0.05, 0.1) is 18.3 Å². The third kappa shape index (κ3) is 2.83. The van der Waals surface area contributed by atoms with Gasteiger partial charge in [-0.1, -0.05) is 18.2 Å². The summed E-state index contributed by atoms with van der Waals surface area (Å²) in [5.74, 6) is 0.350. The number of nitrogens with one attached hydrogen (secondary N) is 1. The molecule has 5 heterocycles. The molecule has 4 aromatic heterocycles. The first kappa shape index (κ1) is 17.6. The molecule has 31 heavy (non-hydrogen) atoms. The fraction of sp³-hybridized carbons (Fsp3) is 0.190. The number of hydrogen-bond donors (Lipinski definition) is 1. The van der Waals surface area contributed by atoms with Gasteiger partial charge in [-0.2, -0.15) is 0 Å². The van der Waals surface area contributed by atoms with E-state index in [2.05, 4.69) is 25.1 Å². The number of aryl methyl sites for hydroxylation is 1. The molecule has 154 valence electrons. The highest BCUT2D eigenvalue weighted by atomic mass is 16.4. The molecule has 10 heteroatoms. The maximum atomic E-state index is 13.4. The molecule has 0 aliphatic carbocycles. The van der Waals surface area contributed by atoms with Gasteiger partial charge in [0.2, 0.25) is 0 Å². The lowest BCUT2D eigenvalue weighted by atomic mass is 10.00. The van der Waals surface area contributed by atoms with Gasteiger partial charge in [-0.25, -0.2) is 9.97 Å². The van der Waals surface area contributed by atoms with Gasteiger partial charge >= 0.3 is 11.8 Å². The summed E-state index contributed by atoms with van der Waals surface area (Å²) in [4.78, 5) is 26.9. The number of nitrogens with zero attached hydrogens (tertiary/aromatic N) is 6. The van der Waals surface area contributed by atoms with Crippen LogP contribution in [0.1, 0.15) is 33.9 Å². The minimum atomic E-state index is -0.500. The lowest BCUT2D eigenvalue weighted by Crippen LogP contribution is -2.40. The molecule has 5 aromatic rings. The molecule has 0 radical (unpaired) electrons. The molecule has 6 rings (SSSR count). The first-order chi connectivity index (χ1) is 15.2. The van der Waals surface area contributed by atoms with Crippen LogP contribution >= 0.6 is 0 Å². The molecule has 0 unspecified atom stereocenters. The molecular formula is C21H17N7O3. The second kappa shape index (κ2) is 6.66.